The monoisotopic (exact) mass is 253 g/mol. The van der Waals surface area contributed by atoms with E-state index < -0.39 is 0 Å². The predicted molar refractivity (Wildman–Crippen MR) is 76.0 cm³/mol. The number of rotatable bonds is 4. The minimum atomic E-state index is 0.467. The third kappa shape index (κ3) is 3.03. The van der Waals surface area contributed by atoms with Gasteiger partial charge in [-0.05, 0) is 24.3 Å². The van der Waals surface area contributed by atoms with E-state index in [0.29, 0.717) is 17.9 Å². The van der Waals surface area contributed by atoms with E-state index in [9.17, 15) is 0 Å². The summed E-state index contributed by atoms with van der Waals surface area (Å²) >= 11 is 0. The summed E-state index contributed by atoms with van der Waals surface area (Å²) < 4.78 is 5.16. The molecule has 0 saturated heterocycles. The number of nitrogens with one attached hydrogen (secondary N) is 1. The second-order valence-corrected chi connectivity index (χ2v) is 4.13. The van der Waals surface area contributed by atoms with Crippen LogP contribution in [0.15, 0.2) is 42.5 Å². The first kappa shape index (κ1) is 12.9. The lowest BCUT2D eigenvalue weighted by Crippen LogP contribution is -1.98. The molecule has 0 atom stereocenters. The predicted octanol–water partition coefficient (Wildman–Crippen LogP) is 3.03. The number of benzene rings is 2. The van der Waals surface area contributed by atoms with Gasteiger partial charge in [-0.2, -0.15) is 5.26 Å². The molecular weight excluding hydrogens is 238 g/mol. The lowest BCUT2D eigenvalue weighted by atomic mass is 10.1. The van der Waals surface area contributed by atoms with Crippen LogP contribution in [0.1, 0.15) is 11.1 Å². The molecule has 0 heterocycles. The molecule has 4 nitrogen and oxygen atoms in total. The molecule has 0 fully saturated rings. The smallest absolute Gasteiger partial charge is 0.101 e. The summed E-state index contributed by atoms with van der Waals surface area (Å²) in [4.78, 5) is 0. The van der Waals surface area contributed by atoms with Gasteiger partial charge >= 0.3 is 0 Å². The van der Waals surface area contributed by atoms with Crippen LogP contribution in [-0.2, 0) is 11.3 Å². The van der Waals surface area contributed by atoms with Gasteiger partial charge in [-0.3, -0.25) is 0 Å². The molecule has 0 bridgehead atoms. The highest BCUT2D eigenvalue weighted by Crippen LogP contribution is 2.24. The van der Waals surface area contributed by atoms with Crippen LogP contribution >= 0.6 is 0 Å². The Balaban J connectivity index is 2.29. The van der Waals surface area contributed by atoms with Crippen molar-refractivity contribution in [1.82, 2.24) is 0 Å². The third-order valence-electron chi connectivity index (χ3n) is 2.77. The van der Waals surface area contributed by atoms with E-state index >= 15 is 0 Å². The van der Waals surface area contributed by atoms with Crippen LogP contribution in [0.5, 0.6) is 0 Å². The molecule has 0 aromatic heterocycles. The highest BCUT2D eigenvalue weighted by Gasteiger charge is 2.04. The first-order chi connectivity index (χ1) is 9.24. The maximum absolute atomic E-state index is 8.97. The summed E-state index contributed by atoms with van der Waals surface area (Å²) in [6.07, 6.45) is 0. The van der Waals surface area contributed by atoms with Gasteiger partial charge in [0, 0.05) is 29.7 Å². The molecule has 0 unspecified atom stereocenters. The number of ether oxygens (including phenoxy) is 1. The molecule has 3 N–H and O–H groups in total. The Labute approximate surface area is 112 Å². The summed E-state index contributed by atoms with van der Waals surface area (Å²) in [6.45, 7) is 0.531. The first-order valence-corrected chi connectivity index (χ1v) is 5.88. The zero-order valence-corrected chi connectivity index (χ0v) is 10.7. The highest BCUT2D eigenvalue weighted by molar-refractivity contribution is 5.68. The van der Waals surface area contributed by atoms with Crippen molar-refractivity contribution in [3.63, 3.8) is 0 Å². The Hall–Kier alpha value is -2.51. The quantitative estimate of drug-likeness (QED) is 0.821. The normalized spacial score (nSPS) is 9.89. The minimum absolute atomic E-state index is 0.467. The zero-order chi connectivity index (χ0) is 13.7. The highest BCUT2D eigenvalue weighted by atomic mass is 16.5. The van der Waals surface area contributed by atoms with E-state index in [4.69, 9.17) is 15.7 Å². The Morgan fingerprint density at radius 1 is 1.26 bits per heavy atom. The van der Waals surface area contributed by atoms with Gasteiger partial charge in [0.2, 0.25) is 0 Å². The molecule has 96 valence electrons. The number of nitrogen functional groups attached to an aromatic ring is 1. The topological polar surface area (TPSA) is 71.1 Å². The molecule has 0 aliphatic carbocycles. The summed E-state index contributed by atoms with van der Waals surface area (Å²) in [6, 6.07) is 15.2. The fourth-order valence-corrected chi connectivity index (χ4v) is 1.81. The molecule has 0 amide bonds. The number of nitriles is 1. The van der Waals surface area contributed by atoms with Gasteiger partial charge in [0.15, 0.2) is 0 Å². The molecule has 4 heteroatoms. The Kier molecular flexibility index (Phi) is 4.01. The summed E-state index contributed by atoms with van der Waals surface area (Å²) in [5, 5.41) is 12.2. The van der Waals surface area contributed by atoms with Crippen molar-refractivity contribution in [3.05, 3.63) is 53.6 Å². The molecule has 0 aliphatic rings. The number of anilines is 3. The van der Waals surface area contributed by atoms with Crippen molar-refractivity contribution >= 4 is 17.1 Å². The van der Waals surface area contributed by atoms with E-state index in [2.05, 4.69) is 11.4 Å². The largest absolute Gasteiger partial charge is 0.398 e. The minimum Gasteiger partial charge on any atom is -0.398 e. The Morgan fingerprint density at radius 3 is 2.79 bits per heavy atom. The SMILES string of the molecule is COCc1ccccc1Nc1ccc(N)c(C#N)c1. The number of hydrogen-bond donors (Lipinski definition) is 2. The molecule has 0 radical (unpaired) electrons. The molecule has 0 aliphatic heterocycles. The lowest BCUT2D eigenvalue weighted by molar-refractivity contribution is 0.185. The van der Waals surface area contributed by atoms with Crippen molar-refractivity contribution in [1.29, 1.82) is 5.26 Å². The zero-order valence-electron chi connectivity index (χ0n) is 10.7. The van der Waals surface area contributed by atoms with Crippen molar-refractivity contribution in [2.75, 3.05) is 18.2 Å². The van der Waals surface area contributed by atoms with Crippen molar-refractivity contribution in [2.24, 2.45) is 0 Å². The second kappa shape index (κ2) is 5.89. The molecule has 19 heavy (non-hydrogen) atoms. The van der Waals surface area contributed by atoms with Gasteiger partial charge < -0.3 is 15.8 Å². The third-order valence-corrected chi connectivity index (χ3v) is 2.77. The van der Waals surface area contributed by atoms with E-state index in [1.165, 1.54) is 0 Å². The van der Waals surface area contributed by atoms with Crippen molar-refractivity contribution < 1.29 is 4.74 Å². The molecular formula is C15H15N3O. The van der Waals surface area contributed by atoms with Gasteiger partial charge in [-0.15, -0.1) is 0 Å². The lowest BCUT2D eigenvalue weighted by Gasteiger charge is -2.12. The number of nitrogens with two attached hydrogens (primary N) is 1. The van der Waals surface area contributed by atoms with Gasteiger partial charge in [-0.25, -0.2) is 0 Å². The van der Waals surface area contributed by atoms with Crippen molar-refractivity contribution in [3.8, 4) is 6.07 Å². The molecule has 2 aromatic rings. The van der Waals surface area contributed by atoms with Gasteiger partial charge in [0.1, 0.15) is 6.07 Å². The first-order valence-electron chi connectivity index (χ1n) is 5.88. The standard InChI is InChI=1S/C15H15N3O/c1-19-10-11-4-2-3-5-15(11)18-13-6-7-14(17)12(8-13)9-16/h2-8,18H,10,17H2,1H3. The van der Waals surface area contributed by atoms with Crippen LogP contribution in [0.3, 0.4) is 0 Å². The van der Waals surface area contributed by atoms with Gasteiger partial charge in [-0.1, -0.05) is 18.2 Å². The summed E-state index contributed by atoms with van der Waals surface area (Å²) in [5.74, 6) is 0. The Bertz CT molecular complexity index is 617. The number of hydrogen-bond acceptors (Lipinski definition) is 4. The van der Waals surface area contributed by atoms with Crippen molar-refractivity contribution in [2.45, 2.75) is 6.61 Å². The average molecular weight is 253 g/mol. The maximum Gasteiger partial charge on any atom is 0.101 e. The average Bonchev–Trinajstić information content (AvgIpc) is 2.43. The van der Waals surface area contributed by atoms with E-state index in [0.717, 1.165) is 16.9 Å². The maximum atomic E-state index is 8.97. The van der Waals surface area contributed by atoms with Crippen LogP contribution in [-0.4, -0.2) is 7.11 Å². The van der Waals surface area contributed by atoms with Crippen LogP contribution < -0.4 is 11.1 Å². The van der Waals surface area contributed by atoms with Crippen LogP contribution in [0, 0.1) is 11.3 Å². The van der Waals surface area contributed by atoms with Crippen LogP contribution in [0.25, 0.3) is 0 Å². The van der Waals surface area contributed by atoms with Gasteiger partial charge in [0.25, 0.3) is 0 Å². The number of methoxy groups -OCH3 is 1. The molecule has 0 spiro atoms. The Morgan fingerprint density at radius 2 is 2.05 bits per heavy atom. The fraction of sp³-hybridized carbons (Fsp3) is 0.133. The van der Waals surface area contributed by atoms with Gasteiger partial charge in [0.05, 0.1) is 12.2 Å². The van der Waals surface area contributed by atoms with E-state index in [1.54, 1.807) is 19.2 Å². The summed E-state index contributed by atoms with van der Waals surface area (Å²) in [5.41, 5.74) is 9.49. The number of nitrogens with zero attached hydrogens (tertiary/aromatic N) is 1. The number of para-hydroxylation sites is 1. The van der Waals surface area contributed by atoms with Crippen LogP contribution in [0.2, 0.25) is 0 Å². The molecule has 2 rings (SSSR count). The van der Waals surface area contributed by atoms with E-state index in [-0.39, 0.29) is 0 Å². The van der Waals surface area contributed by atoms with E-state index in [1.807, 2.05) is 30.3 Å². The molecule has 2 aromatic carbocycles. The summed E-state index contributed by atoms with van der Waals surface area (Å²) in [7, 11) is 1.66. The second-order valence-electron chi connectivity index (χ2n) is 4.13. The fourth-order valence-electron chi connectivity index (χ4n) is 1.81. The molecule has 0 saturated carbocycles. The van der Waals surface area contributed by atoms with Crippen LogP contribution in [0.4, 0.5) is 17.1 Å².